The summed E-state index contributed by atoms with van der Waals surface area (Å²) in [5.74, 6) is 1.48. The van der Waals surface area contributed by atoms with E-state index in [0.29, 0.717) is 11.9 Å². The van der Waals surface area contributed by atoms with Crippen molar-refractivity contribution in [2.75, 3.05) is 26.7 Å². The number of aryl methyl sites for hydroxylation is 1. The Morgan fingerprint density at radius 3 is 2.52 bits per heavy atom. The maximum absolute atomic E-state index is 12.6. The number of aliphatic imine (C=N–C) groups is 1. The molecule has 0 radical (unpaired) electrons. The number of hydrogen-bond donors (Lipinski definition) is 2. The zero-order valence-corrected chi connectivity index (χ0v) is 16.8. The topological polar surface area (TPSA) is 56.7 Å². The molecule has 148 valence electrons. The first-order valence-electron chi connectivity index (χ1n) is 10.5. The van der Waals surface area contributed by atoms with Crippen LogP contribution in [0.4, 0.5) is 0 Å². The van der Waals surface area contributed by atoms with Crippen molar-refractivity contribution in [2.24, 2.45) is 10.9 Å². The van der Waals surface area contributed by atoms with Gasteiger partial charge in [0.2, 0.25) is 5.91 Å². The highest BCUT2D eigenvalue weighted by Gasteiger charge is 2.32. The van der Waals surface area contributed by atoms with Gasteiger partial charge in [-0.25, -0.2) is 0 Å². The van der Waals surface area contributed by atoms with Gasteiger partial charge in [-0.2, -0.15) is 0 Å². The van der Waals surface area contributed by atoms with Crippen LogP contribution in [-0.2, 0) is 17.6 Å². The monoisotopic (exact) mass is 370 g/mol. The van der Waals surface area contributed by atoms with Crippen molar-refractivity contribution in [3.05, 3.63) is 35.4 Å². The van der Waals surface area contributed by atoms with Gasteiger partial charge < -0.3 is 15.5 Å². The SMILES string of the molecule is CCc1ccc(CCNC(=NC)NC2CCN(C(=O)C3CCCC3)C2)cc1. The summed E-state index contributed by atoms with van der Waals surface area (Å²) in [5, 5.41) is 6.90. The van der Waals surface area contributed by atoms with Crippen molar-refractivity contribution >= 4 is 11.9 Å². The van der Waals surface area contributed by atoms with Crippen LogP contribution in [-0.4, -0.2) is 49.5 Å². The summed E-state index contributed by atoms with van der Waals surface area (Å²) in [6, 6.07) is 9.12. The van der Waals surface area contributed by atoms with Crippen molar-refractivity contribution < 1.29 is 4.79 Å². The first-order valence-corrected chi connectivity index (χ1v) is 10.5. The lowest BCUT2D eigenvalue weighted by Crippen LogP contribution is -2.45. The summed E-state index contributed by atoms with van der Waals surface area (Å²) in [4.78, 5) is 19.0. The largest absolute Gasteiger partial charge is 0.356 e. The van der Waals surface area contributed by atoms with Gasteiger partial charge in [-0.05, 0) is 43.2 Å². The summed E-state index contributed by atoms with van der Waals surface area (Å²) in [6.45, 7) is 4.70. The van der Waals surface area contributed by atoms with E-state index in [9.17, 15) is 4.79 Å². The number of amides is 1. The molecule has 1 heterocycles. The molecule has 2 N–H and O–H groups in total. The fraction of sp³-hybridized carbons (Fsp3) is 0.636. The number of rotatable bonds is 6. The van der Waals surface area contributed by atoms with E-state index in [4.69, 9.17) is 0 Å². The van der Waals surface area contributed by atoms with Crippen LogP contribution in [0.5, 0.6) is 0 Å². The van der Waals surface area contributed by atoms with Crippen LogP contribution < -0.4 is 10.6 Å². The quantitative estimate of drug-likeness (QED) is 0.598. The smallest absolute Gasteiger partial charge is 0.225 e. The second-order valence-corrected chi connectivity index (χ2v) is 7.81. The highest BCUT2D eigenvalue weighted by molar-refractivity contribution is 5.81. The zero-order valence-electron chi connectivity index (χ0n) is 16.8. The van der Waals surface area contributed by atoms with Gasteiger partial charge >= 0.3 is 0 Å². The van der Waals surface area contributed by atoms with Gasteiger partial charge in [0.25, 0.3) is 0 Å². The van der Waals surface area contributed by atoms with E-state index in [2.05, 4.69) is 51.7 Å². The standard InChI is InChI=1S/C22H34N4O/c1-3-17-8-10-18(11-9-17)12-14-24-22(23-2)25-20-13-15-26(16-20)21(27)19-6-4-5-7-19/h8-11,19-20H,3-7,12-16H2,1-2H3,(H2,23,24,25). The van der Waals surface area contributed by atoms with Crippen LogP contribution in [0.2, 0.25) is 0 Å². The molecule has 3 rings (SSSR count). The molecule has 0 bridgehead atoms. The van der Waals surface area contributed by atoms with Crippen molar-refractivity contribution in [1.82, 2.24) is 15.5 Å². The van der Waals surface area contributed by atoms with E-state index in [1.54, 1.807) is 0 Å². The summed E-state index contributed by atoms with van der Waals surface area (Å²) in [7, 11) is 1.81. The third-order valence-electron chi connectivity index (χ3n) is 5.91. The molecular formula is C22H34N4O. The molecule has 1 unspecified atom stereocenters. The summed E-state index contributed by atoms with van der Waals surface area (Å²) >= 11 is 0. The van der Waals surface area contributed by atoms with Gasteiger partial charge in [0.05, 0.1) is 0 Å². The van der Waals surface area contributed by atoms with E-state index in [0.717, 1.165) is 57.7 Å². The zero-order chi connectivity index (χ0) is 19.1. The first kappa shape index (κ1) is 19.7. The molecule has 1 aliphatic carbocycles. The van der Waals surface area contributed by atoms with Gasteiger partial charge in [-0.1, -0.05) is 44.0 Å². The molecule has 2 fully saturated rings. The molecule has 5 nitrogen and oxygen atoms in total. The Bertz CT molecular complexity index is 634. The van der Waals surface area contributed by atoms with Crippen molar-refractivity contribution in [3.63, 3.8) is 0 Å². The van der Waals surface area contributed by atoms with Crippen LogP contribution >= 0.6 is 0 Å². The Balaban J connectivity index is 1.40. The molecule has 1 saturated heterocycles. The van der Waals surface area contributed by atoms with E-state index < -0.39 is 0 Å². The molecule has 1 aromatic rings. The van der Waals surface area contributed by atoms with Crippen LogP contribution in [0.15, 0.2) is 29.3 Å². The Morgan fingerprint density at radius 1 is 1.15 bits per heavy atom. The van der Waals surface area contributed by atoms with Crippen LogP contribution in [0.3, 0.4) is 0 Å². The van der Waals surface area contributed by atoms with E-state index >= 15 is 0 Å². The molecule has 1 aromatic carbocycles. The maximum Gasteiger partial charge on any atom is 0.225 e. The lowest BCUT2D eigenvalue weighted by Gasteiger charge is -2.21. The molecule has 1 amide bonds. The first-order chi connectivity index (χ1) is 13.2. The number of benzene rings is 1. The van der Waals surface area contributed by atoms with E-state index in [1.165, 1.54) is 24.0 Å². The van der Waals surface area contributed by atoms with Gasteiger partial charge in [-0.3, -0.25) is 9.79 Å². The normalized spacial score (nSPS) is 20.9. The molecule has 0 aromatic heterocycles. The van der Waals surface area contributed by atoms with Crippen LogP contribution in [0.25, 0.3) is 0 Å². The Morgan fingerprint density at radius 2 is 1.85 bits per heavy atom. The van der Waals surface area contributed by atoms with Crippen molar-refractivity contribution in [1.29, 1.82) is 0 Å². The number of nitrogens with one attached hydrogen (secondary N) is 2. The van der Waals surface area contributed by atoms with Crippen LogP contribution in [0, 0.1) is 5.92 Å². The van der Waals surface area contributed by atoms with Crippen molar-refractivity contribution in [2.45, 2.75) is 57.9 Å². The van der Waals surface area contributed by atoms with E-state index in [1.807, 2.05) is 7.05 Å². The molecule has 1 saturated carbocycles. The summed E-state index contributed by atoms with van der Waals surface area (Å²) < 4.78 is 0. The fourth-order valence-corrected chi connectivity index (χ4v) is 4.16. The molecule has 27 heavy (non-hydrogen) atoms. The minimum absolute atomic E-state index is 0.278. The summed E-state index contributed by atoms with van der Waals surface area (Å²) in [6.07, 6.45) is 7.63. The number of carbonyl (C=O) groups excluding carboxylic acids is 1. The highest BCUT2D eigenvalue weighted by Crippen LogP contribution is 2.27. The number of guanidine groups is 1. The van der Waals surface area contributed by atoms with Gasteiger partial charge in [0.15, 0.2) is 5.96 Å². The fourth-order valence-electron chi connectivity index (χ4n) is 4.16. The number of carbonyl (C=O) groups is 1. The Hall–Kier alpha value is -2.04. The second-order valence-electron chi connectivity index (χ2n) is 7.81. The predicted molar refractivity (Wildman–Crippen MR) is 111 cm³/mol. The van der Waals surface area contributed by atoms with Gasteiger partial charge in [0, 0.05) is 38.6 Å². The predicted octanol–water partition coefficient (Wildman–Crippen LogP) is 2.75. The van der Waals surface area contributed by atoms with Crippen molar-refractivity contribution in [3.8, 4) is 0 Å². The summed E-state index contributed by atoms with van der Waals surface area (Å²) in [5.41, 5.74) is 2.71. The number of likely N-dealkylation sites (tertiary alicyclic amines) is 1. The van der Waals surface area contributed by atoms with Gasteiger partial charge in [0.1, 0.15) is 0 Å². The molecule has 1 aliphatic heterocycles. The average Bonchev–Trinajstić information content (AvgIpc) is 3.39. The molecule has 0 spiro atoms. The Kier molecular flexibility index (Phi) is 7.13. The van der Waals surface area contributed by atoms with Crippen LogP contribution in [0.1, 0.15) is 50.2 Å². The highest BCUT2D eigenvalue weighted by atomic mass is 16.2. The third-order valence-corrected chi connectivity index (χ3v) is 5.91. The van der Waals surface area contributed by atoms with Gasteiger partial charge in [-0.15, -0.1) is 0 Å². The lowest BCUT2D eigenvalue weighted by atomic mass is 10.1. The molecule has 2 aliphatic rings. The molecule has 1 atom stereocenters. The third kappa shape index (κ3) is 5.47. The second kappa shape index (κ2) is 9.77. The minimum Gasteiger partial charge on any atom is -0.356 e. The molecular weight excluding hydrogens is 336 g/mol. The average molecular weight is 371 g/mol. The molecule has 5 heteroatoms. The lowest BCUT2D eigenvalue weighted by molar-refractivity contribution is -0.134. The minimum atomic E-state index is 0.278. The Labute approximate surface area is 163 Å². The number of nitrogens with zero attached hydrogens (tertiary/aromatic N) is 2. The number of hydrogen-bond acceptors (Lipinski definition) is 2. The van der Waals surface area contributed by atoms with E-state index in [-0.39, 0.29) is 5.92 Å². The maximum atomic E-state index is 12.6.